The van der Waals surface area contributed by atoms with Crippen LogP contribution in [-0.4, -0.2) is 18.7 Å². The van der Waals surface area contributed by atoms with Crippen molar-refractivity contribution in [3.63, 3.8) is 0 Å². The Hall–Kier alpha value is -2.64. The van der Waals surface area contributed by atoms with Crippen molar-refractivity contribution in [3.05, 3.63) is 68.5 Å². The topological polar surface area (TPSA) is 59.9 Å². The first-order valence-corrected chi connectivity index (χ1v) is 10.3. The van der Waals surface area contributed by atoms with Crippen molar-refractivity contribution >= 4 is 34.8 Å². The standard InChI is InChI=1S/C20H20N2O3S2/c1-2-24-19-11-15(7-8-18(19)25-14-17-6-4-10-27-17)13-21-22-20(23)12-16-5-3-9-26-16/h3-11,13H,2,12,14H2,1H3,(H,22,23)/b21-13-. The molecule has 0 aliphatic heterocycles. The van der Waals surface area contributed by atoms with Gasteiger partial charge >= 0.3 is 0 Å². The van der Waals surface area contributed by atoms with Crippen LogP contribution in [0.2, 0.25) is 0 Å². The van der Waals surface area contributed by atoms with Crippen molar-refractivity contribution in [1.29, 1.82) is 0 Å². The molecule has 140 valence electrons. The lowest BCUT2D eigenvalue weighted by Crippen LogP contribution is -2.19. The summed E-state index contributed by atoms with van der Waals surface area (Å²) in [5.74, 6) is 1.20. The van der Waals surface area contributed by atoms with Crippen molar-refractivity contribution < 1.29 is 14.3 Å². The Labute approximate surface area is 166 Å². The Morgan fingerprint density at radius 1 is 1.07 bits per heavy atom. The summed E-state index contributed by atoms with van der Waals surface area (Å²) in [5, 5.41) is 7.99. The Morgan fingerprint density at radius 2 is 1.85 bits per heavy atom. The van der Waals surface area contributed by atoms with Crippen molar-refractivity contribution in [3.8, 4) is 11.5 Å². The van der Waals surface area contributed by atoms with Gasteiger partial charge in [-0.15, -0.1) is 22.7 Å². The molecule has 3 rings (SSSR count). The number of nitrogens with zero attached hydrogens (tertiary/aromatic N) is 1. The minimum Gasteiger partial charge on any atom is -0.490 e. The van der Waals surface area contributed by atoms with E-state index < -0.39 is 0 Å². The molecule has 7 heteroatoms. The van der Waals surface area contributed by atoms with Gasteiger partial charge in [0.2, 0.25) is 5.91 Å². The Balaban J connectivity index is 1.59. The first kappa shape index (κ1) is 19.1. The summed E-state index contributed by atoms with van der Waals surface area (Å²) in [4.78, 5) is 14.0. The van der Waals surface area contributed by atoms with E-state index in [1.165, 1.54) is 0 Å². The second-order valence-corrected chi connectivity index (χ2v) is 7.62. The van der Waals surface area contributed by atoms with E-state index >= 15 is 0 Å². The van der Waals surface area contributed by atoms with Gasteiger partial charge in [-0.1, -0.05) is 12.1 Å². The van der Waals surface area contributed by atoms with Crippen LogP contribution >= 0.6 is 22.7 Å². The van der Waals surface area contributed by atoms with Gasteiger partial charge in [-0.05, 0) is 53.6 Å². The third-order valence-electron chi connectivity index (χ3n) is 3.54. The molecule has 3 aromatic rings. The van der Waals surface area contributed by atoms with Gasteiger partial charge in [-0.3, -0.25) is 4.79 Å². The molecule has 5 nitrogen and oxygen atoms in total. The zero-order valence-corrected chi connectivity index (χ0v) is 16.5. The molecule has 2 aromatic heterocycles. The fourth-order valence-electron chi connectivity index (χ4n) is 2.33. The maximum absolute atomic E-state index is 11.9. The van der Waals surface area contributed by atoms with Gasteiger partial charge in [0, 0.05) is 9.75 Å². The zero-order valence-electron chi connectivity index (χ0n) is 14.9. The molecule has 0 spiro atoms. The molecule has 0 atom stereocenters. The molecule has 27 heavy (non-hydrogen) atoms. The van der Waals surface area contributed by atoms with Gasteiger partial charge < -0.3 is 9.47 Å². The number of rotatable bonds is 9. The molecule has 1 aromatic carbocycles. The number of amides is 1. The van der Waals surface area contributed by atoms with Gasteiger partial charge in [0.05, 0.1) is 19.2 Å². The van der Waals surface area contributed by atoms with E-state index in [9.17, 15) is 4.79 Å². The highest BCUT2D eigenvalue weighted by atomic mass is 32.1. The number of hydrazone groups is 1. The molecule has 1 N–H and O–H groups in total. The zero-order chi connectivity index (χ0) is 18.9. The molecule has 0 fully saturated rings. The highest BCUT2D eigenvalue weighted by molar-refractivity contribution is 7.10. The lowest BCUT2D eigenvalue weighted by atomic mass is 10.2. The number of benzene rings is 1. The minimum atomic E-state index is -0.144. The molecule has 0 aliphatic rings. The fraction of sp³-hybridized carbons (Fsp3) is 0.200. The van der Waals surface area contributed by atoms with Gasteiger partial charge in [0.15, 0.2) is 11.5 Å². The second-order valence-electron chi connectivity index (χ2n) is 5.56. The van der Waals surface area contributed by atoms with Crippen LogP contribution < -0.4 is 14.9 Å². The summed E-state index contributed by atoms with van der Waals surface area (Å²) >= 11 is 3.20. The van der Waals surface area contributed by atoms with Crippen LogP contribution in [0, 0.1) is 0 Å². The number of nitrogens with one attached hydrogen (secondary N) is 1. The van der Waals surface area contributed by atoms with E-state index in [2.05, 4.69) is 10.5 Å². The Kier molecular flexibility index (Phi) is 7.01. The molecule has 0 saturated carbocycles. The quantitative estimate of drug-likeness (QED) is 0.426. The Morgan fingerprint density at radius 3 is 2.56 bits per heavy atom. The summed E-state index contributed by atoms with van der Waals surface area (Å²) in [5.41, 5.74) is 3.36. The summed E-state index contributed by atoms with van der Waals surface area (Å²) in [6.45, 7) is 2.96. The molecular formula is C20H20N2O3S2. The van der Waals surface area contributed by atoms with Crippen LogP contribution in [0.3, 0.4) is 0 Å². The molecular weight excluding hydrogens is 380 g/mol. The van der Waals surface area contributed by atoms with Crippen molar-refractivity contribution in [2.24, 2.45) is 5.10 Å². The molecule has 0 unspecified atom stereocenters. The van der Waals surface area contributed by atoms with Crippen LogP contribution in [0.25, 0.3) is 0 Å². The average molecular weight is 401 g/mol. The van der Waals surface area contributed by atoms with E-state index in [1.807, 2.05) is 60.1 Å². The van der Waals surface area contributed by atoms with Gasteiger partial charge in [0.1, 0.15) is 6.61 Å². The van der Waals surface area contributed by atoms with E-state index in [1.54, 1.807) is 28.9 Å². The van der Waals surface area contributed by atoms with Crippen LogP contribution in [0.15, 0.2) is 58.3 Å². The number of hydrogen-bond acceptors (Lipinski definition) is 6. The predicted molar refractivity (Wildman–Crippen MR) is 110 cm³/mol. The summed E-state index contributed by atoms with van der Waals surface area (Å²) < 4.78 is 11.5. The third-order valence-corrected chi connectivity index (χ3v) is 5.26. The number of hydrogen-bond donors (Lipinski definition) is 1. The number of ether oxygens (including phenoxy) is 2. The van der Waals surface area contributed by atoms with Crippen LogP contribution in [0.1, 0.15) is 22.2 Å². The largest absolute Gasteiger partial charge is 0.490 e. The molecule has 0 bridgehead atoms. The summed E-state index contributed by atoms with van der Waals surface area (Å²) in [7, 11) is 0. The van der Waals surface area contributed by atoms with Crippen LogP contribution in [-0.2, 0) is 17.8 Å². The van der Waals surface area contributed by atoms with E-state index in [0.717, 1.165) is 15.3 Å². The average Bonchev–Trinajstić information content (AvgIpc) is 3.35. The Bertz CT molecular complexity index is 875. The van der Waals surface area contributed by atoms with Crippen molar-refractivity contribution in [2.45, 2.75) is 20.0 Å². The highest BCUT2D eigenvalue weighted by Crippen LogP contribution is 2.29. The first-order valence-electron chi connectivity index (χ1n) is 8.51. The lowest BCUT2D eigenvalue weighted by Gasteiger charge is -2.12. The smallest absolute Gasteiger partial charge is 0.245 e. The molecule has 0 radical (unpaired) electrons. The third kappa shape index (κ3) is 5.94. The summed E-state index contributed by atoms with van der Waals surface area (Å²) in [6.07, 6.45) is 1.92. The number of carbonyl (C=O) groups excluding carboxylic acids is 1. The van der Waals surface area contributed by atoms with Crippen LogP contribution in [0.5, 0.6) is 11.5 Å². The van der Waals surface area contributed by atoms with Crippen molar-refractivity contribution in [2.75, 3.05) is 6.61 Å². The van der Waals surface area contributed by atoms with Gasteiger partial charge in [-0.2, -0.15) is 5.10 Å². The molecule has 2 heterocycles. The van der Waals surface area contributed by atoms with Crippen LogP contribution in [0.4, 0.5) is 0 Å². The van der Waals surface area contributed by atoms with E-state index in [4.69, 9.17) is 9.47 Å². The minimum absolute atomic E-state index is 0.144. The first-order chi connectivity index (χ1) is 13.2. The molecule has 0 saturated heterocycles. The second kappa shape index (κ2) is 9.89. The van der Waals surface area contributed by atoms with Gasteiger partial charge in [-0.25, -0.2) is 5.43 Å². The number of carbonyl (C=O) groups is 1. The van der Waals surface area contributed by atoms with E-state index in [0.29, 0.717) is 31.1 Å². The van der Waals surface area contributed by atoms with Crippen molar-refractivity contribution in [1.82, 2.24) is 5.43 Å². The monoisotopic (exact) mass is 400 g/mol. The summed E-state index contributed by atoms with van der Waals surface area (Å²) in [6, 6.07) is 13.5. The van der Waals surface area contributed by atoms with E-state index in [-0.39, 0.29) is 5.91 Å². The normalized spacial score (nSPS) is 10.9. The molecule has 0 aliphatic carbocycles. The van der Waals surface area contributed by atoms with Gasteiger partial charge in [0.25, 0.3) is 0 Å². The maximum atomic E-state index is 11.9. The fourth-order valence-corrected chi connectivity index (χ4v) is 3.65. The SMILES string of the molecule is CCOc1cc(/C=N\NC(=O)Cc2cccs2)ccc1OCc1cccs1. The predicted octanol–water partition coefficient (Wildman–Crippen LogP) is 4.48. The maximum Gasteiger partial charge on any atom is 0.245 e. The molecule has 1 amide bonds. The number of thiophene rings is 2. The lowest BCUT2D eigenvalue weighted by molar-refractivity contribution is -0.120. The highest BCUT2D eigenvalue weighted by Gasteiger charge is 2.07.